The average Bonchev–Trinajstić information content (AvgIpc) is 2.17. The molecule has 1 aliphatic heterocycles. The first kappa shape index (κ1) is 11.0. The monoisotopic (exact) mass is 219 g/mol. The largest absolute Gasteiger partial charge is 0.481 e. The lowest BCUT2D eigenvalue weighted by molar-refractivity contribution is -0.118. The van der Waals surface area contributed by atoms with Crippen molar-refractivity contribution in [2.24, 2.45) is 0 Å². The highest BCUT2D eigenvalue weighted by Gasteiger charge is 2.26. The molecule has 16 heavy (non-hydrogen) atoms. The molecule has 0 saturated carbocycles. The summed E-state index contributed by atoms with van der Waals surface area (Å²) in [4.78, 5) is 11.3. The lowest BCUT2D eigenvalue weighted by Gasteiger charge is -2.28. The number of rotatable bonds is 0. The first-order valence-electron chi connectivity index (χ1n) is 5.46. The summed E-state index contributed by atoms with van der Waals surface area (Å²) in [5, 5.41) is 2.88. The van der Waals surface area contributed by atoms with Gasteiger partial charge < -0.3 is 10.1 Å². The van der Waals surface area contributed by atoms with E-state index in [2.05, 4.69) is 32.2 Å². The molecule has 0 fully saturated rings. The van der Waals surface area contributed by atoms with Crippen LogP contribution in [0.15, 0.2) is 12.1 Å². The fourth-order valence-electron chi connectivity index (χ4n) is 1.89. The molecule has 1 amide bonds. The van der Waals surface area contributed by atoms with Crippen LogP contribution in [0, 0.1) is 6.92 Å². The van der Waals surface area contributed by atoms with Gasteiger partial charge in [-0.05, 0) is 17.9 Å². The normalized spacial score (nSPS) is 15.1. The van der Waals surface area contributed by atoms with Gasteiger partial charge in [0.1, 0.15) is 5.75 Å². The van der Waals surface area contributed by atoms with Crippen molar-refractivity contribution in [3.8, 4) is 5.75 Å². The smallest absolute Gasteiger partial charge is 0.262 e. The molecule has 0 aliphatic carbocycles. The molecule has 0 saturated heterocycles. The van der Waals surface area contributed by atoms with E-state index in [1.54, 1.807) is 0 Å². The van der Waals surface area contributed by atoms with Crippen LogP contribution in [-0.2, 0) is 10.2 Å². The molecular formula is C13H17NO2. The standard InChI is InChI=1S/C13H17NO2/c1-8-5-6-9(13(2,3)4)12-11(8)14-10(15)7-16-12/h5-6H,7H2,1-4H3,(H,14,15). The van der Waals surface area contributed by atoms with Crippen molar-refractivity contribution in [1.29, 1.82) is 0 Å². The molecule has 1 aliphatic rings. The average molecular weight is 219 g/mol. The van der Waals surface area contributed by atoms with Gasteiger partial charge in [0.15, 0.2) is 6.61 Å². The first-order chi connectivity index (χ1) is 7.39. The molecule has 2 rings (SSSR count). The molecule has 1 N–H and O–H groups in total. The van der Waals surface area contributed by atoms with E-state index < -0.39 is 0 Å². The van der Waals surface area contributed by atoms with Gasteiger partial charge in [-0.2, -0.15) is 0 Å². The topological polar surface area (TPSA) is 38.3 Å². The van der Waals surface area contributed by atoms with Crippen LogP contribution < -0.4 is 10.1 Å². The Morgan fingerprint density at radius 2 is 2.00 bits per heavy atom. The van der Waals surface area contributed by atoms with Crippen LogP contribution in [0.5, 0.6) is 5.75 Å². The number of carbonyl (C=O) groups excluding carboxylic acids is 1. The minimum absolute atomic E-state index is 0.0137. The van der Waals surface area contributed by atoms with Gasteiger partial charge in [-0.3, -0.25) is 4.79 Å². The number of benzene rings is 1. The van der Waals surface area contributed by atoms with Crippen molar-refractivity contribution in [2.75, 3.05) is 11.9 Å². The van der Waals surface area contributed by atoms with E-state index in [-0.39, 0.29) is 17.9 Å². The van der Waals surface area contributed by atoms with Crippen molar-refractivity contribution in [2.45, 2.75) is 33.1 Å². The van der Waals surface area contributed by atoms with Crippen LogP contribution in [0.1, 0.15) is 31.9 Å². The summed E-state index contributed by atoms with van der Waals surface area (Å²) >= 11 is 0. The molecule has 0 aromatic heterocycles. The third-order valence-electron chi connectivity index (χ3n) is 2.79. The summed E-state index contributed by atoms with van der Waals surface area (Å²) in [6.45, 7) is 8.49. The second kappa shape index (κ2) is 3.51. The van der Waals surface area contributed by atoms with Gasteiger partial charge in [-0.15, -0.1) is 0 Å². The van der Waals surface area contributed by atoms with Gasteiger partial charge in [0.2, 0.25) is 0 Å². The fourth-order valence-corrected chi connectivity index (χ4v) is 1.89. The highest BCUT2D eigenvalue weighted by molar-refractivity contribution is 5.96. The summed E-state index contributed by atoms with van der Waals surface area (Å²) in [5.74, 6) is 0.744. The molecule has 0 unspecified atom stereocenters. The second-order valence-corrected chi connectivity index (χ2v) is 5.22. The highest BCUT2D eigenvalue weighted by atomic mass is 16.5. The van der Waals surface area contributed by atoms with Crippen LogP contribution in [0.3, 0.4) is 0 Å². The lowest BCUT2D eigenvalue weighted by Crippen LogP contribution is -2.28. The van der Waals surface area contributed by atoms with Crippen LogP contribution in [-0.4, -0.2) is 12.5 Å². The number of nitrogens with one attached hydrogen (secondary N) is 1. The third-order valence-corrected chi connectivity index (χ3v) is 2.79. The third kappa shape index (κ3) is 1.77. The first-order valence-corrected chi connectivity index (χ1v) is 5.46. The minimum atomic E-state index is -0.0818. The summed E-state index contributed by atoms with van der Waals surface area (Å²) in [5.41, 5.74) is 3.01. The van der Waals surface area contributed by atoms with Gasteiger partial charge in [-0.1, -0.05) is 32.9 Å². The van der Waals surface area contributed by atoms with E-state index >= 15 is 0 Å². The van der Waals surface area contributed by atoms with E-state index in [0.29, 0.717) is 0 Å². The Labute approximate surface area is 95.8 Å². The SMILES string of the molecule is Cc1ccc(C(C)(C)C)c2c1NC(=O)CO2. The number of hydrogen-bond donors (Lipinski definition) is 1. The van der Waals surface area contributed by atoms with Crippen molar-refractivity contribution in [1.82, 2.24) is 0 Å². The zero-order valence-electron chi connectivity index (χ0n) is 10.2. The van der Waals surface area contributed by atoms with Crippen LogP contribution in [0.25, 0.3) is 0 Å². The number of amides is 1. The van der Waals surface area contributed by atoms with E-state index in [1.165, 1.54) is 0 Å². The number of ether oxygens (including phenoxy) is 1. The highest BCUT2D eigenvalue weighted by Crippen LogP contribution is 2.40. The molecule has 3 nitrogen and oxygen atoms in total. The summed E-state index contributed by atoms with van der Waals surface area (Å²) in [6, 6.07) is 4.10. The number of fused-ring (bicyclic) bond motifs is 1. The Morgan fingerprint density at radius 3 is 2.62 bits per heavy atom. The van der Waals surface area contributed by atoms with E-state index in [1.807, 2.05) is 13.0 Å². The quantitative estimate of drug-likeness (QED) is 0.728. The van der Waals surface area contributed by atoms with E-state index in [9.17, 15) is 4.79 Å². The molecule has 86 valence electrons. The lowest BCUT2D eigenvalue weighted by atomic mass is 9.85. The predicted octanol–water partition coefficient (Wildman–Crippen LogP) is 2.62. The molecule has 1 aromatic carbocycles. The minimum Gasteiger partial charge on any atom is -0.481 e. The van der Waals surface area contributed by atoms with Gasteiger partial charge >= 0.3 is 0 Å². The molecule has 0 bridgehead atoms. The zero-order chi connectivity index (χ0) is 11.9. The Balaban J connectivity index is 2.59. The number of carbonyl (C=O) groups is 1. The summed E-state index contributed by atoms with van der Waals surface area (Å²) in [7, 11) is 0. The number of aryl methyl sites for hydroxylation is 1. The number of hydrogen-bond acceptors (Lipinski definition) is 2. The van der Waals surface area contributed by atoms with Gasteiger partial charge in [0, 0.05) is 5.56 Å². The number of anilines is 1. The maximum Gasteiger partial charge on any atom is 0.262 e. The van der Waals surface area contributed by atoms with E-state index in [4.69, 9.17) is 4.74 Å². The van der Waals surface area contributed by atoms with Crippen LogP contribution >= 0.6 is 0 Å². The van der Waals surface area contributed by atoms with Crippen LogP contribution in [0.2, 0.25) is 0 Å². The van der Waals surface area contributed by atoms with Gasteiger partial charge in [0.05, 0.1) is 5.69 Å². The maximum absolute atomic E-state index is 11.3. The Morgan fingerprint density at radius 1 is 1.31 bits per heavy atom. The molecule has 0 spiro atoms. The molecule has 1 heterocycles. The van der Waals surface area contributed by atoms with Crippen molar-refractivity contribution in [3.63, 3.8) is 0 Å². The molecule has 1 aromatic rings. The molecule has 3 heteroatoms. The fraction of sp³-hybridized carbons (Fsp3) is 0.462. The van der Waals surface area contributed by atoms with E-state index in [0.717, 1.165) is 22.6 Å². The molecular weight excluding hydrogens is 202 g/mol. The molecule has 0 radical (unpaired) electrons. The van der Waals surface area contributed by atoms with Crippen LogP contribution in [0.4, 0.5) is 5.69 Å². The Hall–Kier alpha value is -1.51. The summed E-state index contributed by atoms with van der Waals surface area (Å²) < 4.78 is 5.56. The predicted molar refractivity (Wildman–Crippen MR) is 64.0 cm³/mol. The second-order valence-electron chi connectivity index (χ2n) is 5.22. The Bertz CT molecular complexity index is 444. The van der Waals surface area contributed by atoms with Crippen molar-refractivity contribution < 1.29 is 9.53 Å². The molecule has 0 atom stereocenters. The zero-order valence-corrected chi connectivity index (χ0v) is 10.2. The van der Waals surface area contributed by atoms with Crippen molar-refractivity contribution >= 4 is 11.6 Å². The summed E-state index contributed by atoms with van der Waals surface area (Å²) in [6.07, 6.45) is 0. The Kier molecular flexibility index (Phi) is 2.41. The van der Waals surface area contributed by atoms with Gasteiger partial charge in [0.25, 0.3) is 5.91 Å². The van der Waals surface area contributed by atoms with Gasteiger partial charge in [-0.25, -0.2) is 0 Å². The van der Waals surface area contributed by atoms with Crippen molar-refractivity contribution in [3.05, 3.63) is 23.3 Å². The maximum atomic E-state index is 11.3.